The first kappa shape index (κ1) is 18.9. The van der Waals surface area contributed by atoms with Crippen molar-refractivity contribution in [3.05, 3.63) is 29.1 Å². The number of alkyl halides is 3. The molecular formula is C15H24F3NO. The lowest BCUT2D eigenvalue weighted by molar-refractivity contribution is -0.141. The maximum atomic E-state index is 12.5. The second-order valence-corrected chi connectivity index (χ2v) is 4.01. The molecule has 20 heavy (non-hydrogen) atoms. The summed E-state index contributed by atoms with van der Waals surface area (Å²) in [6, 6.07) is 2.77. The Labute approximate surface area is 119 Å². The third-order valence-corrected chi connectivity index (χ3v) is 2.63. The van der Waals surface area contributed by atoms with Crippen LogP contribution in [0, 0.1) is 6.92 Å². The Balaban J connectivity index is 0.000000829. The normalized spacial score (nSPS) is 17.7. The van der Waals surface area contributed by atoms with Gasteiger partial charge >= 0.3 is 6.18 Å². The number of ether oxygens (including phenoxy) is 1. The van der Waals surface area contributed by atoms with E-state index in [1.165, 1.54) is 0 Å². The van der Waals surface area contributed by atoms with Crippen LogP contribution in [0.2, 0.25) is 0 Å². The molecule has 1 unspecified atom stereocenters. The molecule has 0 N–H and O–H groups in total. The summed E-state index contributed by atoms with van der Waals surface area (Å²) in [5, 5.41) is 0. The van der Waals surface area contributed by atoms with Crippen LogP contribution in [0.25, 0.3) is 0 Å². The van der Waals surface area contributed by atoms with E-state index in [-0.39, 0.29) is 5.92 Å². The molecule has 0 aromatic carbocycles. The number of rotatable bonds is 1. The second-order valence-electron chi connectivity index (χ2n) is 4.01. The molecule has 0 bridgehead atoms. The van der Waals surface area contributed by atoms with Crippen molar-refractivity contribution in [2.75, 3.05) is 13.2 Å². The zero-order chi connectivity index (χ0) is 15.8. The first-order valence-electron chi connectivity index (χ1n) is 7.10. The molecule has 1 aromatic rings. The van der Waals surface area contributed by atoms with Gasteiger partial charge in [0.05, 0.1) is 6.61 Å². The van der Waals surface area contributed by atoms with Crippen LogP contribution in [0.5, 0.6) is 0 Å². The van der Waals surface area contributed by atoms with Crippen molar-refractivity contribution < 1.29 is 17.9 Å². The van der Waals surface area contributed by atoms with Crippen molar-refractivity contribution >= 4 is 0 Å². The number of nitrogens with zero attached hydrogens (tertiary/aromatic N) is 1. The number of pyridine rings is 1. The molecule has 2 nitrogen and oxygen atoms in total. The minimum absolute atomic E-state index is 0.000926. The molecule has 0 aliphatic carbocycles. The van der Waals surface area contributed by atoms with Gasteiger partial charge in [0, 0.05) is 18.2 Å². The molecular weight excluding hydrogens is 267 g/mol. The van der Waals surface area contributed by atoms with Crippen LogP contribution in [-0.2, 0) is 10.9 Å². The summed E-state index contributed by atoms with van der Waals surface area (Å²) in [7, 11) is 0. The van der Waals surface area contributed by atoms with E-state index in [4.69, 9.17) is 4.74 Å². The SMILES string of the molecule is CC.CC.Cc1cc(C2CCOC2)nc(C(F)(F)F)c1. The summed E-state index contributed by atoms with van der Waals surface area (Å²) < 4.78 is 42.8. The van der Waals surface area contributed by atoms with Gasteiger partial charge in [-0.15, -0.1) is 0 Å². The lowest BCUT2D eigenvalue weighted by atomic mass is 10.0. The minimum Gasteiger partial charge on any atom is -0.381 e. The van der Waals surface area contributed by atoms with Crippen LogP contribution in [-0.4, -0.2) is 18.2 Å². The van der Waals surface area contributed by atoms with Crippen LogP contribution < -0.4 is 0 Å². The molecule has 116 valence electrons. The predicted octanol–water partition coefficient (Wildman–Crippen LogP) is 4.97. The van der Waals surface area contributed by atoms with E-state index in [1.54, 1.807) is 13.0 Å². The van der Waals surface area contributed by atoms with Crippen molar-refractivity contribution in [2.45, 2.75) is 53.1 Å². The van der Waals surface area contributed by atoms with Crippen LogP contribution in [0.4, 0.5) is 13.2 Å². The van der Waals surface area contributed by atoms with E-state index in [0.29, 0.717) is 24.5 Å². The van der Waals surface area contributed by atoms with Crippen LogP contribution >= 0.6 is 0 Å². The van der Waals surface area contributed by atoms with E-state index in [2.05, 4.69) is 4.98 Å². The number of halogens is 3. The molecule has 1 aromatic heterocycles. The van der Waals surface area contributed by atoms with Crippen molar-refractivity contribution in [3.8, 4) is 0 Å². The topological polar surface area (TPSA) is 22.1 Å². The van der Waals surface area contributed by atoms with Gasteiger partial charge in [-0.05, 0) is 31.0 Å². The molecule has 1 aliphatic rings. The lowest BCUT2D eigenvalue weighted by Gasteiger charge is -2.12. The fraction of sp³-hybridized carbons (Fsp3) is 0.667. The van der Waals surface area contributed by atoms with E-state index in [9.17, 15) is 13.2 Å². The summed E-state index contributed by atoms with van der Waals surface area (Å²) in [5.41, 5.74) is 0.267. The van der Waals surface area contributed by atoms with Gasteiger partial charge in [0.15, 0.2) is 0 Å². The smallest absolute Gasteiger partial charge is 0.381 e. The third kappa shape index (κ3) is 5.49. The molecule has 0 saturated carbocycles. The Morgan fingerprint density at radius 3 is 2.20 bits per heavy atom. The molecule has 0 amide bonds. The number of aryl methyl sites for hydroxylation is 1. The highest BCUT2D eigenvalue weighted by molar-refractivity contribution is 5.24. The largest absolute Gasteiger partial charge is 0.433 e. The molecule has 1 fully saturated rings. The molecule has 1 atom stereocenters. The molecule has 2 heterocycles. The second kappa shape index (κ2) is 8.95. The van der Waals surface area contributed by atoms with E-state index >= 15 is 0 Å². The average Bonchev–Trinajstić information content (AvgIpc) is 2.96. The number of hydrogen-bond donors (Lipinski definition) is 0. The first-order chi connectivity index (χ1) is 9.47. The first-order valence-corrected chi connectivity index (χ1v) is 7.10. The lowest BCUT2D eigenvalue weighted by Crippen LogP contribution is -2.12. The molecule has 2 rings (SSSR count). The van der Waals surface area contributed by atoms with Gasteiger partial charge in [0.2, 0.25) is 0 Å². The predicted molar refractivity (Wildman–Crippen MR) is 74.8 cm³/mol. The fourth-order valence-electron chi connectivity index (χ4n) is 1.82. The Morgan fingerprint density at radius 2 is 1.75 bits per heavy atom. The van der Waals surface area contributed by atoms with Gasteiger partial charge in [-0.25, -0.2) is 4.98 Å². The Hall–Kier alpha value is -1.10. The fourth-order valence-corrected chi connectivity index (χ4v) is 1.82. The Morgan fingerprint density at radius 1 is 1.15 bits per heavy atom. The number of hydrogen-bond acceptors (Lipinski definition) is 2. The standard InChI is InChI=1S/C11H12F3NO.2C2H6/c1-7-4-9(8-2-3-16-6-8)15-10(5-7)11(12,13)14;2*1-2/h4-5,8H,2-3,6H2,1H3;2*1-2H3. The summed E-state index contributed by atoms with van der Waals surface area (Å²) in [5.74, 6) is 0.000926. The highest BCUT2D eigenvalue weighted by Gasteiger charge is 2.33. The maximum Gasteiger partial charge on any atom is 0.433 e. The van der Waals surface area contributed by atoms with E-state index in [0.717, 1.165) is 12.5 Å². The summed E-state index contributed by atoms with van der Waals surface area (Å²) in [6.07, 6.45) is -3.63. The molecule has 1 saturated heterocycles. The third-order valence-electron chi connectivity index (χ3n) is 2.63. The van der Waals surface area contributed by atoms with E-state index in [1.807, 2.05) is 27.7 Å². The molecule has 5 heteroatoms. The Bertz CT molecular complexity index is 385. The van der Waals surface area contributed by atoms with E-state index < -0.39 is 11.9 Å². The highest BCUT2D eigenvalue weighted by Crippen LogP contribution is 2.31. The van der Waals surface area contributed by atoms with Crippen molar-refractivity contribution in [3.63, 3.8) is 0 Å². The maximum absolute atomic E-state index is 12.5. The van der Waals surface area contributed by atoms with Crippen LogP contribution in [0.1, 0.15) is 57.0 Å². The zero-order valence-electron chi connectivity index (χ0n) is 12.8. The summed E-state index contributed by atoms with van der Waals surface area (Å²) >= 11 is 0. The summed E-state index contributed by atoms with van der Waals surface area (Å²) in [4.78, 5) is 3.68. The van der Waals surface area contributed by atoms with Crippen LogP contribution in [0.3, 0.4) is 0 Å². The van der Waals surface area contributed by atoms with Gasteiger partial charge in [0.25, 0.3) is 0 Å². The van der Waals surface area contributed by atoms with Gasteiger partial charge in [-0.2, -0.15) is 13.2 Å². The molecule has 0 radical (unpaired) electrons. The van der Waals surface area contributed by atoms with Crippen molar-refractivity contribution in [1.29, 1.82) is 0 Å². The van der Waals surface area contributed by atoms with Crippen LogP contribution in [0.15, 0.2) is 12.1 Å². The average molecular weight is 291 g/mol. The number of aromatic nitrogens is 1. The van der Waals surface area contributed by atoms with Gasteiger partial charge < -0.3 is 4.74 Å². The molecule has 0 spiro atoms. The van der Waals surface area contributed by atoms with Gasteiger partial charge in [-0.1, -0.05) is 27.7 Å². The molecule has 1 aliphatic heterocycles. The Kier molecular flexibility index (Phi) is 8.46. The minimum atomic E-state index is -4.37. The van der Waals surface area contributed by atoms with Crippen molar-refractivity contribution in [2.24, 2.45) is 0 Å². The zero-order valence-corrected chi connectivity index (χ0v) is 12.8. The quantitative estimate of drug-likeness (QED) is 0.729. The summed E-state index contributed by atoms with van der Waals surface area (Å²) in [6.45, 7) is 10.7. The van der Waals surface area contributed by atoms with Crippen molar-refractivity contribution in [1.82, 2.24) is 4.98 Å². The van der Waals surface area contributed by atoms with Gasteiger partial charge in [0.1, 0.15) is 5.69 Å². The monoisotopic (exact) mass is 291 g/mol. The highest BCUT2D eigenvalue weighted by atomic mass is 19.4. The van der Waals surface area contributed by atoms with Gasteiger partial charge in [-0.3, -0.25) is 0 Å².